The van der Waals surface area contributed by atoms with Gasteiger partial charge in [0.25, 0.3) is 0 Å². The van der Waals surface area contributed by atoms with Crippen LogP contribution < -0.4 is 20.7 Å². The van der Waals surface area contributed by atoms with Gasteiger partial charge in [0, 0.05) is 31.1 Å². The average molecular weight is 382 g/mol. The van der Waals surface area contributed by atoms with E-state index >= 15 is 0 Å². The number of sulfonamides is 1. The monoisotopic (exact) mass is 382 g/mol. The van der Waals surface area contributed by atoms with E-state index in [9.17, 15) is 18.0 Å². The van der Waals surface area contributed by atoms with Gasteiger partial charge in [0.2, 0.25) is 21.8 Å². The molecule has 0 unspecified atom stereocenters. The Morgan fingerprint density at radius 3 is 2.65 bits per heavy atom. The maximum atomic E-state index is 12.2. The van der Waals surface area contributed by atoms with E-state index in [1.165, 1.54) is 0 Å². The molecule has 0 saturated carbocycles. The number of rotatable bonds is 7. The summed E-state index contributed by atoms with van der Waals surface area (Å²) in [7, 11) is -3.34. The zero-order valence-corrected chi connectivity index (χ0v) is 15.9. The lowest BCUT2D eigenvalue weighted by atomic mass is 10.0. The maximum Gasteiger partial charge on any atom is 0.248 e. The quantitative estimate of drug-likeness (QED) is 0.650. The summed E-state index contributed by atoms with van der Waals surface area (Å²) in [6, 6.07) is 5.35. The van der Waals surface area contributed by atoms with E-state index in [-0.39, 0.29) is 18.9 Å². The summed E-state index contributed by atoms with van der Waals surface area (Å²) >= 11 is 0. The molecule has 8 nitrogen and oxygen atoms in total. The van der Waals surface area contributed by atoms with Crippen molar-refractivity contribution in [1.29, 1.82) is 0 Å². The Morgan fingerprint density at radius 2 is 2.04 bits per heavy atom. The van der Waals surface area contributed by atoms with Crippen LogP contribution in [0.4, 0.5) is 11.4 Å². The van der Waals surface area contributed by atoms with Gasteiger partial charge in [-0.2, -0.15) is 0 Å². The number of piperidine rings is 1. The molecule has 1 heterocycles. The first kappa shape index (κ1) is 20.2. The zero-order valence-electron chi connectivity index (χ0n) is 15.1. The van der Waals surface area contributed by atoms with Crippen molar-refractivity contribution in [2.45, 2.75) is 38.6 Å². The molecule has 0 radical (unpaired) electrons. The Morgan fingerprint density at radius 1 is 1.31 bits per heavy atom. The summed E-state index contributed by atoms with van der Waals surface area (Å²) in [5.74, 6) is -0.911. The van der Waals surface area contributed by atoms with Crippen molar-refractivity contribution >= 4 is 33.2 Å². The predicted molar refractivity (Wildman–Crippen MR) is 102 cm³/mol. The first-order valence-corrected chi connectivity index (χ1v) is 10.5. The molecule has 0 aliphatic carbocycles. The van der Waals surface area contributed by atoms with Crippen LogP contribution in [0.25, 0.3) is 0 Å². The van der Waals surface area contributed by atoms with Crippen LogP contribution in [0.15, 0.2) is 18.2 Å². The lowest BCUT2D eigenvalue weighted by Gasteiger charge is -2.36. The van der Waals surface area contributed by atoms with E-state index in [2.05, 4.69) is 21.9 Å². The molecule has 0 aromatic heterocycles. The molecule has 144 valence electrons. The number of amides is 2. The molecule has 9 heteroatoms. The molecule has 0 spiro atoms. The van der Waals surface area contributed by atoms with Gasteiger partial charge in [0.05, 0.1) is 17.6 Å². The van der Waals surface area contributed by atoms with Gasteiger partial charge in [-0.15, -0.1) is 0 Å². The van der Waals surface area contributed by atoms with Gasteiger partial charge in [-0.3, -0.25) is 9.59 Å². The van der Waals surface area contributed by atoms with Crippen LogP contribution >= 0.6 is 0 Å². The van der Waals surface area contributed by atoms with Crippen molar-refractivity contribution in [3.8, 4) is 0 Å². The Balaban J connectivity index is 2.19. The summed E-state index contributed by atoms with van der Waals surface area (Å²) in [6.07, 6.45) is 4.31. The summed E-state index contributed by atoms with van der Waals surface area (Å²) in [6.45, 7) is 3.01. The predicted octanol–water partition coefficient (Wildman–Crippen LogP) is 1.04. The molecule has 1 aliphatic heterocycles. The van der Waals surface area contributed by atoms with Gasteiger partial charge < -0.3 is 16.0 Å². The Labute approximate surface area is 154 Å². The van der Waals surface area contributed by atoms with E-state index in [1.807, 2.05) is 0 Å². The van der Waals surface area contributed by atoms with Gasteiger partial charge in [-0.05, 0) is 44.4 Å². The zero-order chi connectivity index (χ0) is 19.3. The summed E-state index contributed by atoms with van der Waals surface area (Å²) in [5.41, 5.74) is 7.02. The van der Waals surface area contributed by atoms with E-state index in [0.29, 0.717) is 17.3 Å². The number of hydrogen-bond donors (Lipinski definition) is 3. The minimum absolute atomic E-state index is 0.00955. The van der Waals surface area contributed by atoms with E-state index in [4.69, 9.17) is 5.73 Å². The van der Waals surface area contributed by atoms with Gasteiger partial charge in [0.15, 0.2) is 0 Å². The fraction of sp³-hybridized carbons (Fsp3) is 0.529. The second-order valence-electron chi connectivity index (χ2n) is 6.60. The lowest BCUT2D eigenvalue weighted by Crippen LogP contribution is -2.38. The number of carbonyl (C=O) groups excluding carboxylic acids is 2. The highest BCUT2D eigenvalue weighted by atomic mass is 32.2. The molecule has 4 N–H and O–H groups in total. The second-order valence-corrected chi connectivity index (χ2v) is 8.43. The SMILES string of the molecule is C[C@@H]1CCCCN1c1ccc(C(N)=O)cc1NC(=O)CCNS(C)(=O)=O. The van der Waals surface area contributed by atoms with Crippen molar-refractivity contribution in [3.05, 3.63) is 23.8 Å². The van der Waals surface area contributed by atoms with Crippen LogP contribution in [-0.4, -0.2) is 45.6 Å². The number of hydrogen-bond acceptors (Lipinski definition) is 5. The van der Waals surface area contributed by atoms with E-state index < -0.39 is 15.9 Å². The van der Waals surface area contributed by atoms with Gasteiger partial charge in [-0.1, -0.05) is 0 Å². The topological polar surface area (TPSA) is 122 Å². The van der Waals surface area contributed by atoms with Crippen LogP contribution in [0.1, 0.15) is 43.0 Å². The van der Waals surface area contributed by atoms with Crippen LogP contribution in [0.3, 0.4) is 0 Å². The normalized spacial score (nSPS) is 17.8. The molecule has 0 bridgehead atoms. The van der Waals surface area contributed by atoms with Gasteiger partial charge in [-0.25, -0.2) is 13.1 Å². The summed E-state index contributed by atoms with van der Waals surface area (Å²) in [5, 5.41) is 2.79. The Bertz CT molecular complexity index is 779. The molecular formula is C17H26N4O4S. The molecule has 1 aromatic rings. The number of carbonyl (C=O) groups is 2. The van der Waals surface area contributed by atoms with Crippen molar-refractivity contribution in [3.63, 3.8) is 0 Å². The second kappa shape index (κ2) is 8.50. The number of nitrogens with two attached hydrogens (primary N) is 1. The minimum Gasteiger partial charge on any atom is -0.367 e. The first-order valence-electron chi connectivity index (χ1n) is 8.62. The van der Waals surface area contributed by atoms with Crippen molar-refractivity contribution in [2.24, 2.45) is 5.73 Å². The molecule has 1 aromatic carbocycles. The highest BCUT2D eigenvalue weighted by molar-refractivity contribution is 7.88. The smallest absolute Gasteiger partial charge is 0.248 e. The number of nitrogens with one attached hydrogen (secondary N) is 2. The molecule has 26 heavy (non-hydrogen) atoms. The van der Waals surface area contributed by atoms with Crippen molar-refractivity contribution in [2.75, 3.05) is 29.6 Å². The molecular weight excluding hydrogens is 356 g/mol. The number of primary amides is 1. The number of benzene rings is 1. The first-order chi connectivity index (χ1) is 12.2. The van der Waals surface area contributed by atoms with Crippen LogP contribution in [0.2, 0.25) is 0 Å². The largest absolute Gasteiger partial charge is 0.367 e. The third-order valence-electron chi connectivity index (χ3n) is 4.38. The van der Waals surface area contributed by atoms with Crippen LogP contribution in [-0.2, 0) is 14.8 Å². The van der Waals surface area contributed by atoms with Gasteiger partial charge >= 0.3 is 0 Å². The fourth-order valence-corrected chi connectivity index (χ4v) is 3.53. The maximum absolute atomic E-state index is 12.2. The highest BCUT2D eigenvalue weighted by Gasteiger charge is 2.22. The molecule has 2 rings (SSSR count). The van der Waals surface area contributed by atoms with Crippen molar-refractivity contribution in [1.82, 2.24) is 4.72 Å². The Kier molecular flexibility index (Phi) is 6.60. The van der Waals surface area contributed by atoms with Crippen LogP contribution in [0.5, 0.6) is 0 Å². The number of anilines is 2. The van der Waals surface area contributed by atoms with E-state index in [1.54, 1.807) is 18.2 Å². The molecule has 1 atom stereocenters. The minimum atomic E-state index is -3.34. The molecule has 1 saturated heterocycles. The summed E-state index contributed by atoms with van der Waals surface area (Å²) < 4.78 is 24.5. The average Bonchev–Trinajstić information content (AvgIpc) is 2.54. The third-order valence-corrected chi connectivity index (χ3v) is 5.11. The molecule has 2 amide bonds. The van der Waals surface area contributed by atoms with Crippen molar-refractivity contribution < 1.29 is 18.0 Å². The molecule has 1 fully saturated rings. The fourth-order valence-electron chi connectivity index (χ4n) is 3.06. The molecule has 1 aliphatic rings. The third kappa shape index (κ3) is 5.70. The van der Waals surface area contributed by atoms with Gasteiger partial charge in [0.1, 0.15) is 0 Å². The lowest BCUT2D eigenvalue weighted by molar-refractivity contribution is -0.116. The standard InChI is InChI=1S/C17H26N4O4S/c1-12-5-3-4-10-21(12)15-7-6-13(17(18)23)11-14(15)20-16(22)8-9-19-26(2,24)25/h6-7,11-12,19H,3-5,8-10H2,1-2H3,(H2,18,23)(H,20,22)/t12-/m1/s1. The number of nitrogens with zero attached hydrogens (tertiary/aromatic N) is 1. The Hall–Kier alpha value is -2.13. The van der Waals surface area contributed by atoms with E-state index in [0.717, 1.165) is 37.8 Å². The van der Waals surface area contributed by atoms with Crippen LogP contribution in [0, 0.1) is 0 Å². The highest BCUT2D eigenvalue weighted by Crippen LogP contribution is 2.32. The summed E-state index contributed by atoms with van der Waals surface area (Å²) in [4.78, 5) is 25.9.